The quantitative estimate of drug-likeness (QED) is 0.564. The van der Waals surface area contributed by atoms with Gasteiger partial charge < -0.3 is 14.2 Å². The largest absolute Gasteiger partial charge is 0.467 e. The number of ether oxygens (including phenoxy) is 3. The highest BCUT2D eigenvalue weighted by Crippen LogP contribution is 2.20. The SMILES string of the molecule is COCOc1cc(F)ccc1C(=O)OC. The molecule has 15 heavy (non-hydrogen) atoms. The lowest BCUT2D eigenvalue weighted by Crippen LogP contribution is -2.07. The van der Waals surface area contributed by atoms with Crippen LogP contribution in [0.5, 0.6) is 5.75 Å². The van der Waals surface area contributed by atoms with Crippen LogP contribution in [0, 0.1) is 5.82 Å². The van der Waals surface area contributed by atoms with Gasteiger partial charge in [0.25, 0.3) is 0 Å². The number of rotatable bonds is 4. The van der Waals surface area contributed by atoms with Gasteiger partial charge in [-0.3, -0.25) is 0 Å². The van der Waals surface area contributed by atoms with Crippen molar-refractivity contribution in [3.8, 4) is 5.75 Å². The van der Waals surface area contributed by atoms with Crippen molar-refractivity contribution in [2.24, 2.45) is 0 Å². The Bertz CT molecular complexity index is 351. The predicted molar refractivity (Wildman–Crippen MR) is 50.2 cm³/mol. The summed E-state index contributed by atoms with van der Waals surface area (Å²) in [7, 11) is 2.67. The molecule has 4 nitrogen and oxygen atoms in total. The average Bonchev–Trinajstić information content (AvgIpc) is 2.25. The molecule has 82 valence electrons. The molecule has 0 N–H and O–H groups in total. The van der Waals surface area contributed by atoms with Crippen LogP contribution in [-0.2, 0) is 9.47 Å². The third-order valence-corrected chi connectivity index (χ3v) is 1.68. The molecule has 0 aliphatic carbocycles. The van der Waals surface area contributed by atoms with Gasteiger partial charge in [-0.05, 0) is 12.1 Å². The van der Waals surface area contributed by atoms with E-state index >= 15 is 0 Å². The zero-order valence-electron chi connectivity index (χ0n) is 8.45. The van der Waals surface area contributed by atoms with E-state index in [9.17, 15) is 9.18 Å². The summed E-state index contributed by atoms with van der Waals surface area (Å²) in [6.45, 7) is -0.0621. The lowest BCUT2D eigenvalue weighted by molar-refractivity contribution is 0.0463. The number of hydrogen-bond acceptors (Lipinski definition) is 4. The van der Waals surface area contributed by atoms with E-state index in [1.54, 1.807) is 0 Å². The van der Waals surface area contributed by atoms with E-state index < -0.39 is 11.8 Å². The number of carbonyl (C=O) groups is 1. The Kier molecular flexibility index (Phi) is 4.05. The molecule has 0 aliphatic heterocycles. The van der Waals surface area contributed by atoms with Gasteiger partial charge in [0.2, 0.25) is 0 Å². The van der Waals surface area contributed by atoms with Crippen LogP contribution in [0.3, 0.4) is 0 Å². The van der Waals surface area contributed by atoms with Crippen LogP contribution in [-0.4, -0.2) is 27.0 Å². The number of hydrogen-bond donors (Lipinski definition) is 0. The Morgan fingerprint density at radius 3 is 2.73 bits per heavy atom. The summed E-state index contributed by atoms with van der Waals surface area (Å²) in [4.78, 5) is 11.2. The molecule has 0 fully saturated rings. The first-order valence-electron chi connectivity index (χ1n) is 4.18. The predicted octanol–water partition coefficient (Wildman–Crippen LogP) is 1.59. The van der Waals surface area contributed by atoms with Gasteiger partial charge in [0.1, 0.15) is 17.1 Å². The van der Waals surface area contributed by atoms with Crippen molar-refractivity contribution in [1.82, 2.24) is 0 Å². The number of esters is 1. The van der Waals surface area contributed by atoms with E-state index in [2.05, 4.69) is 9.47 Å². The molecule has 0 saturated heterocycles. The van der Waals surface area contributed by atoms with Gasteiger partial charge in [-0.15, -0.1) is 0 Å². The Morgan fingerprint density at radius 2 is 2.13 bits per heavy atom. The molecule has 0 bridgehead atoms. The average molecular weight is 214 g/mol. The molecule has 0 unspecified atom stereocenters. The zero-order chi connectivity index (χ0) is 11.3. The molecule has 0 radical (unpaired) electrons. The fraction of sp³-hybridized carbons (Fsp3) is 0.300. The highest BCUT2D eigenvalue weighted by molar-refractivity contribution is 5.92. The summed E-state index contributed by atoms with van der Waals surface area (Å²) in [6.07, 6.45) is 0. The summed E-state index contributed by atoms with van der Waals surface area (Å²) in [5.41, 5.74) is 0.163. The molecule has 0 atom stereocenters. The van der Waals surface area contributed by atoms with Gasteiger partial charge in [0.05, 0.1) is 7.11 Å². The molecule has 0 aromatic heterocycles. The third-order valence-electron chi connectivity index (χ3n) is 1.68. The maximum absolute atomic E-state index is 12.9. The number of halogens is 1. The Hall–Kier alpha value is -1.62. The minimum atomic E-state index is -0.582. The summed E-state index contributed by atoms with van der Waals surface area (Å²) >= 11 is 0. The van der Waals surface area contributed by atoms with Crippen LogP contribution in [0.25, 0.3) is 0 Å². The van der Waals surface area contributed by atoms with Gasteiger partial charge in [0.15, 0.2) is 6.79 Å². The van der Waals surface area contributed by atoms with Crippen LogP contribution in [0.4, 0.5) is 4.39 Å². The summed E-state index contributed by atoms with van der Waals surface area (Å²) in [6, 6.07) is 3.56. The monoisotopic (exact) mass is 214 g/mol. The Labute approximate surface area is 86.6 Å². The van der Waals surface area contributed by atoms with E-state index in [1.807, 2.05) is 0 Å². The highest BCUT2D eigenvalue weighted by Gasteiger charge is 2.13. The first-order valence-corrected chi connectivity index (χ1v) is 4.18. The zero-order valence-corrected chi connectivity index (χ0v) is 8.45. The first-order chi connectivity index (χ1) is 7.19. The van der Waals surface area contributed by atoms with Crippen LogP contribution in [0.2, 0.25) is 0 Å². The minimum absolute atomic E-state index is 0.0621. The Morgan fingerprint density at radius 1 is 1.40 bits per heavy atom. The number of benzene rings is 1. The third kappa shape index (κ3) is 2.92. The lowest BCUT2D eigenvalue weighted by atomic mass is 10.2. The van der Waals surface area contributed by atoms with Crippen LogP contribution in [0.15, 0.2) is 18.2 Å². The fourth-order valence-electron chi connectivity index (χ4n) is 1.02. The van der Waals surface area contributed by atoms with E-state index in [1.165, 1.54) is 20.3 Å². The standard InChI is InChI=1S/C10H11FO4/c1-13-6-15-9-5-7(11)3-4-8(9)10(12)14-2/h3-5H,6H2,1-2H3. The molecule has 0 spiro atoms. The van der Waals surface area contributed by atoms with E-state index in [4.69, 9.17) is 4.74 Å². The molecular formula is C10H11FO4. The summed E-state index contributed by atoms with van der Waals surface area (Å²) < 4.78 is 27.1. The van der Waals surface area contributed by atoms with E-state index in [-0.39, 0.29) is 18.1 Å². The molecular weight excluding hydrogens is 203 g/mol. The fourth-order valence-corrected chi connectivity index (χ4v) is 1.02. The smallest absolute Gasteiger partial charge is 0.341 e. The van der Waals surface area contributed by atoms with Crippen molar-refractivity contribution in [2.75, 3.05) is 21.0 Å². The number of methoxy groups -OCH3 is 2. The van der Waals surface area contributed by atoms with E-state index in [0.29, 0.717) is 0 Å². The molecule has 1 aromatic carbocycles. The highest BCUT2D eigenvalue weighted by atomic mass is 19.1. The van der Waals surface area contributed by atoms with Crippen molar-refractivity contribution in [1.29, 1.82) is 0 Å². The van der Waals surface area contributed by atoms with Crippen LogP contribution >= 0.6 is 0 Å². The molecule has 0 saturated carbocycles. The van der Waals surface area contributed by atoms with Crippen molar-refractivity contribution < 1.29 is 23.4 Å². The minimum Gasteiger partial charge on any atom is -0.467 e. The topological polar surface area (TPSA) is 44.8 Å². The first kappa shape index (κ1) is 11.5. The molecule has 0 amide bonds. The van der Waals surface area contributed by atoms with Crippen molar-refractivity contribution >= 4 is 5.97 Å². The van der Waals surface area contributed by atoms with Gasteiger partial charge >= 0.3 is 5.97 Å². The van der Waals surface area contributed by atoms with Crippen LogP contribution < -0.4 is 4.74 Å². The van der Waals surface area contributed by atoms with Crippen molar-refractivity contribution in [3.63, 3.8) is 0 Å². The lowest BCUT2D eigenvalue weighted by Gasteiger charge is -2.08. The molecule has 0 heterocycles. The molecule has 5 heteroatoms. The second kappa shape index (κ2) is 5.31. The second-order valence-corrected chi connectivity index (χ2v) is 2.68. The van der Waals surface area contributed by atoms with Crippen LogP contribution in [0.1, 0.15) is 10.4 Å². The molecule has 0 aliphatic rings. The normalized spacial score (nSPS) is 9.80. The maximum atomic E-state index is 12.9. The molecule has 1 rings (SSSR count). The van der Waals surface area contributed by atoms with Crippen molar-refractivity contribution in [3.05, 3.63) is 29.6 Å². The molecule has 1 aromatic rings. The second-order valence-electron chi connectivity index (χ2n) is 2.68. The Balaban J connectivity index is 2.97. The van der Waals surface area contributed by atoms with Gasteiger partial charge in [-0.2, -0.15) is 0 Å². The van der Waals surface area contributed by atoms with Gasteiger partial charge in [0, 0.05) is 13.2 Å². The maximum Gasteiger partial charge on any atom is 0.341 e. The summed E-state index contributed by atoms with van der Waals surface area (Å²) in [5, 5.41) is 0. The van der Waals surface area contributed by atoms with Gasteiger partial charge in [-0.1, -0.05) is 0 Å². The number of carbonyl (C=O) groups excluding carboxylic acids is 1. The van der Waals surface area contributed by atoms with E-state index in [0.717, 1.165) is 12.1 Å². The summed E-state index contributed by atoms with van der Waals surface area (Å²) in [5.74, 6) is -0.974. The van der Waals surface area contributed by atoms with Gasteiger partial charge in [-0.25, -0.2) is 9.18 Å². The van der Waals surface area contributed by atoms with Crippen molar-refractivity contribution in [2.45, 2.75) is 0 Å².